The van der Waals surface area contributed by atoms with E-state index in [1.165, 1.54) is 12.1 Å². The highest BCUT2D eigenvalue weighted by atomic mass is 35.5. The Morgan fingerprint density at radius 1 is 1.60 bits per heavy atom. The maximum atomic E-state index is 13.5. The van der Waals surface area contributed by atoms with Gasteiger partial charge in [-0.3, -0.25) is 4.79 Å². The first-order valence-corrected chi connectivity index (χ1v) is 6.53. The van der Waals surface area contributed by atoms with Gasteiger partial charge in [0.15, 0.2) is 0 Å². The van der Waals surface area contributed by atoms with Crippen molar-refractivity contribution in [3.8, 4) is 0 Å². The van der Waals surface area contributed by atoms with Gasteiger partial charge in [0.25, 0.3) is 0 Å². The number of halogens is 3. The molecule has 2 atom stereocenters. The van der Waals surface area contributed by atoms with Crippen LogP contribution in [0.25, 0.3) is 0 Å². The number of ether oxygens (including phenoxy) is 1. The Morgan fingerprint density at radius 3 is 3.00 bits per heavy atom. The average Bonchev–Trinajstić information content (AvgIpc) is 2.38. The summed E-state index contributed by atoms with van der Waals surface area (Å²) in [6.07, 6.45) is -0.204. The van der Waals surface area contributed by atoms with E-state index in [1.54, 1.807) is 6.07 Å². The summed E-state index contributed by atoms with van der Waals surface area (Å²) in [5.41, 5.74) is 0.293. The zero-order valence-corrected chi connectivity index (χ0v) is 12.6. The van der Waals surface area contributed by atoms with E-state index in [1.807, 2.05) is 6.92 Å². The van der Waals surface area contributed by atoms with Gasteiger partial charge in [-0.25, -0.2) is 4.39 Å². The highest BCUT2D eigenvalue weighted by molar-refractivity contribution is 6.31. The zero-order chi connectivity index (χ0) is 13.8. The summed E-state index contributed by atoms with van der Waals surface area (Å²) in [7, 11) is 0. The topological polar surface area (TPSA) is 50.4 Å². The van der Waals surface area contributed by atoms with Gasteiger partial charge >= 0.3 is 0 Å². The van der Waals surface area contributed by atoms with Crippen molar-refractivity contribution in [2.24, 2.45) is 0 Å². The van der Waals surface area contributed by atoms with Crippen molar-refractivity contribution < 1.29 is 13.9 Å². The Bertz CT molecular complexity index is 453. The summed E-state index contributed by atoms with van der Waals surface area (Å²) in [5, 5.41) is 6.05. The highest BCUT2D eigenvalue weighted by Crippen LogP contribution is 2.18. The van der Waals surface area contributed by atoms with E-state index in [0.717, 1.165) is 0 Å². The highest BCUT2D eigenvalue weighted by Gasteiger charge is 2.28. The second kappa shape index (κ2) is 7.78. The molecule has 1 aromatic rings. The molecular weight excluding hydrogens is 306 g/mol. The van der Waals surface area contributed by atoms with Gasteiger partial charge in [-0.15, -0.1) is 12.4 Å². The molecular formula is C13H17Cl2FN2O2. The second-order valence-corrected chi connectivity index (χ2v) is 4.83. The fraction of sp³-hybridized carbons (Fsp3) is 0.462. The predicted molar refractivity (Wildman–Crippen MR) is 77.7 cm³/mol. The Balaban J connectivity index is 0.00000200. The van der Waals surface area contributed by atoms with Crippen LogP contribution in [0.5, 0.6) is 0 Å². The van der Waals surface area contributed by atoms with E-state index in [4.69, 9.17) is 16.3 Å². The van der Waals surface area contributed by atoms with Crippen LogP contribution in [0.15, 0.2) is 18.2 Å². The van der Waals surface area contributed by atoms with Gasteiger partial charge < -0.3 is 15.4 Å². The van der Waals surface area contributed by atoms with Gasteiger partial charge in [-0.1, -0.05) is 17.7 Å². The molecule has 1 fully saturated rings. The number of carbonyl (C=O) groups is 1. The first-order valence-electron chi connectivity index (χ1n) is 6.15. The maximum Gasteiger partial charge on any atom is 0.240 e. The number of morpholine rings is 1. The smallest absolute Gasteiger partial charge is 0.240 e. The Labute approximate surface area is 128 Å². The standard InChI is InChI=1S/C13H16ClFN2O2.ClH/c1-8-12(16-5-6-19-8)13(18)17-7-9-10(14)3-2-4-11(9)15;/h2-4,8,12,16H,5-7H2,1H3,(H,17,18);1H/t8-,12+;/m1./s1. The van der Waals surface area contributed by atoms with E-state index in [2.05, 4.69) is 10.6 Å². The van der Waals surface area contributed by atoms with Crippen LogP contribution < -0.4 is 10.6 Å². The second-order valence-electron chi connectivity index (χ2n) is 4.43. The molecule has 1 heterocycles. The molecule has 0 bridgehead atoms. The van der Waals surface area contributed by atoms with Crippen molar-refractivity contribution in [3.63, 3.8) is 0 Å². The molecule has 1 amide bonds. The molecule has 0 aromatic heterocycles. The molecule has 1 aliphatic heterocycles. The van der Waals surface area contributed by atoms with Crippen LogP contribution in [-0.2, 0) is 16.1 Å². The van der Waals surface area contributed by atoms with Crippen LogP contribution in [0.1, 0.15) is 12.5 Å². The predicted octanol–water partition coefficient (Wildman–Crippen LogP) is 1.89. The Hall–Kier alpha value is -0.880. The monoisotopic (exact) mass is 322 g/mol. The Kier molecular flexibility index (Phi) is 6.68. The minimum atomic E-state index is -0.422. The van der Waals surface area contributed by atoms with Crippen molar-refractivity contribution >= 4 is 29.9 Å². The largest absolute Gasteiger partial charge is 0.375 e. The van der Waals surface area contributed by atoms with Gasteiger partial charge in [-0.2, -0.15) is 0 Å². The number of carbonyl (C=O) groups excluding carboxylic acids is 1. The van der Waals surface area contributed by atoms with E-state index in [0.29, 0.717) is 23.7 Å². The quantitative estimate of drug-likeness (QED) is 0.893. The van der Waals surface area contributed by atoms with Crippen LogP contribution in [0.2, 0.25) is 5.02 Å². The number of hydrogen-bond acceptors (Lipinski definition) is 3. The first-order chi connectivity index (χ1) is 9.09. The van der Waals surface area contributed by atoms with Crippen LogP contribution in [-0.4, -0.2) is 31.2 Å². The van der Waals surface area contributed by atoms with E-state index in [9.17, 15) is 9.18 Å². The van der Waals surface area contributed by atoms with Crippen LogP contribution in [0.3, 0.4) is 0 Å². The number of rotatable bonds is 3. The van der Waals surface area contributed by atoms with Crippen molar-refractivity contribution in [1.82, 2.24) is 10.6 Å². The lowest BCUT2D eigenvalue weighted by Gasteiger charge is -2.29. The molecule has 4 nitrogen and oxygen atoms in total. The summed E-state index contributed by atoms with van der Waals surface area (Å²) in [6, 6.07) is 4.02. The van der Waals surface area contributed by atoms with Crippen LogP contribution in [0.4, 0.5) is 4.39 Å². The molecule has 0 radical (unpaired) electrons. The molecule has 0 saturated carbocycles. The van der Waals surface area contributed by atoms with Crippen molar-refractivity contribution in [2.75, 3.05) is 13.2 Å². The summed E-state index contributed by atoms with van der Waals surface area (Å²) in [5.74, 6) is -0.639. The fourth-order valence-corrected chi connectivity index (χ4v) is 2.24. The van der Waals surface area contributed by atoms with Gasteiger partial charge in [0.05, 0.1) is 12.7 Å². The zero-order valence-electron chi connectivity index (χ0n) is 11.0. The lowest BCUT2D eigenvalue weighted by molar-refractivity contribution is -0.129. The number of benzene rings is 1. The average molecular weight is 323 g/mol. The number of hydrogen-bond donors (Lipinski definition) is 2. The van der Waals surface area contributed by atoms with Crippen molar-refractivity contribution in [3.05, 3.63) is 34.6 Å². The normalized spacial score (nSPS) is 21.9. The number of nitrogens with one attached hydrogen (secondary N) is 2. The Morgan fingerprint density at radius 2 is 2.35 bits per heavy atom. The maximum absolute atomic E-state index is 13.5. The molecule has 0 unspecified atom stereocenters. The summed E-state index contributed by atoms with van der Waals surface area (Å²) < 4.78 is 18.9. The van der Waals surface area contributed by atoms with E-state index < -0.39 is 11.9 Å². The molecule has 2 rings (SSSR count). The number of amides is 1. The summed E-state index contributed by atoms with van der Waals surface area (Å²) in [4.78, 5) is 12.0. The van der Waals surface area contributed by atoms with Crippen molar-refractivity contribution in [2.45, 2.75) is 25.6 Å². The minimum absolute atomic E-state index is 0. The third-order valence-electron chi connectivity index (χ3n) is 3.10. The molecule has 7 heteroatoms. The van der Waals surface area contributed by atoms with Crippen molar-refractivity contribution in [1.29, 1.82) is 0 Å². The molecule has 20 heavy (non-hydrogen) atoms. The molecule has 112 valence electrons. The third kappa shape index (κ3) is 4.06. The van der Waals surface area contributed by atoms with Crippen LogP contribution in [0, 0.1) is 5.82 Å². The SMILES string of the molecule is C[C@H]1OCCN[C@@H]1C(=O)NCc1c(F)cccc1Cl.Cl. The van der Waals surface area contributed by atoms with Crippen LogP contribution >= 0.6 is 24.0 Å². The molecule has 0 spiro atoms. The van der Waals surface area contributed by atoms with E-state index >= 15 is 0 Å². The van der Waals surface area contributed by atoms with Gasteiger partial charge in [0.2, 0.25) is 5.91 Å². The third-order valence-corrected chi connectivity index (χ3v) is 3.45. The first kappa shape index (κ1) is 17.2. The molecule has 1 aromatic carbocycles. The lowest BCUT2D eigenvalue weighted by atomic mass is 10.1. The van der Waals surface area contributed by atoms with Gasteiger partial charge in [0.1, 0.15) is 11.9 Å². The summed E-state index contributed by atoms with van der Waals surface area (Å²) in [6.45, 7) is 3.11. The van der Waals surface area contributed by atoms with Gasteiger partial charge in [0, 0.05) is 23.7 Å². The summed E-state index contributed by atoms with van der Waals surface area (Å²) >= 11 is 5.90. The lowest BCUT2D eigenvalue weighted by Crippen LogP contribution is -2.55. The fourth-order valence-electron chi connectivity index (χ4n) is 2.01. The molecule has 1 saturated heterocycles. The molecule has 0 aliphatic carbocycles. The minimum Gasteiger partial charge on any atom is -0.375 e. The molecule has 1 aliphatic rings. The molecule has 2 N–H and O–H groups in total. The van der Waals surface area contributed by atoms with E-state index in [-0.39, 0.29) is 31.0 Å². The van der Waals surface area contributed by atoms with Gasteiger partial charge in [-0.05, 0) is 19.1 Å².